The van der Waals surface area contributed by atoms with Crippen LogP contribution in [0.15, 0.2) is 23.8 Å². The number of fused-ring (bicyclic) bond motifs is 2. The van der Waals surface area contributed by atoms with Gasteiger partial charge in [-0.05, 0) is 13.0 Å². The number of carbonyl (C=O) groups excluding carboxylic acids is 2. The van der Waals surface area contributed by atoms with Gasteiger partial charge in [0.15, 0.2) is 0 Å². The lowest BCUT2D eigenvalue weighted by Gasteiger charge is -2.18. The van der Waals surface area contributed by atoms with E-state index >= 15 is 0 Å². The minimum absolute atomic E-state index is 0.0658. The van der Waals surface area contributed by atoms with Gasteiger partial charge in [-0.25, -0.2) is 0 Å². The van der Waals surface area contributed by atoms with E-state index in [1.54, 1.807) is 18.2 Å². The summed E-state index contributed by atoms with van der Waals surface area (Å²) in [4.78, 5) is 24.2. The van der Waals surface area contributed by atoms with Gasteiger partial charge in [-0.2, -0.15) is 0 Å². The van der Waals surface area contributed by atoms with Crippen molar-refractivity contribution in [2.45, 2.75) is 19.4 Å². The molecule has 0 radical (unpaired) electrons. The Morgan fingerprint density at radius 2 is 2.06 bits per heavy atom. The number of hydrogen-bond donors (Lipinski definition) is 0. The smallest absolute Gasteiger partial charge is 0.237 e. The minimum atomic E-state index is -0.501. The molecule has 0 fully saturated rings. The molecule has 0 amide bonds. The third-order valence-corrected chi connectivity index (χ3v) is 3.28. The quantitative estimate of drug-likeness (QED) is 0.709. The monoisotopic (exact) mass is 244 g/mol. The van der Waals surface area contributed by atoms with E-state index in [0.717, 1.165) is 0 Å². The first-order chi connectivity index (χ1) is 8.63. The highest BCUT2D eigenvalue weighted by molar-refractivity contribution is 6.52. The molecule has 0 saturated heterocycles. The summed E-state index contributed by atoms with van der Waals surface area (Å²) in [6.07, 6.45) is 0.431. The van der Waals surface area contributed by atoms with Crippen molar-refractivity contribution in [1.29, 1.82) is 0 Å². The number of carbonyl (C=O) groups is 2. The molecule has 1 atom stereocenters. The number of ketones is 2. The number of rotatable bonds is 1. The van der Waals surface area contributed by atoms with E-state index in [9.17, 15) is 9.59 Å². The van der Waals surface area contributed by atoms with E-state index in [1.807, 2.05) is 6.92 Å². The van der Waals surface area contributed by atoms with Crippen LogP contribution in [0.4, 0.5) is 0 Å². The standard InChI is InChI=1S/C14H12O4/c1-7-6-9-12(15)13(16)11-8(14(9)18-7)4-3-5-10(11)17-2/h3-5,7H,6H2,1-2H3/t7-/m1/s1. The van der Waals surface area contributed by atoms with E-state index in [1.165, 1.54) is 7.11 Å². The van der Waals surface area contributed by atoms with Crippen molar-refractivity contribution >= 4 is 17.3 Å². The molecule has 0 bridgehead atoms. The molecule has 0 N–H and O–H groups in total. The molecule has 0 aromatic heterocycles. The Labute approximate surface area is 104 Å². The highest BCUT2D eigenvalue weighted by atomic mass is 16.5. The van der Waals surface area contributed by atoms with Gasteiger partial charge in [-0.15, -0.1) is 0 Å². The third kappa shape index (κ3) is 1.32. The largest absolute Gasteiger partial charge is 0.496 e. The Morgan fingerprint density at radius 1 is 1.28 bits per heavy atom. The molecule has 0 unspecified atom stereocenters. The predicted octanol–water partition coefficient (Wildman–Crippen LogP) is 1.98. The second-order valence-electron chi connectivity index (χ2n) is 4.48. The lowest BCUT2D eigenvalue weighted by atomic mass is 9.87. The summed E-state index contributed by atoms with van der Waals surface area (Å²) < 4.78 is 10.8. The Hall–Kier alpha value is -2.10. The van der Waals surface area contributed by atoms with Gasteiger partial charge in [-0.3, -0.25) is 9.59 Å². The Kier molecular flexibility index (Phi) is 2.26. The van der Waals surface area contributed by atoms with Crippen LogP contribution in [0.25, 0.3) is 5.76 Å². The lowest BCUT2D eigenvalue weighted by Crippen LogP contribution is -2.23. The first-order valence-corrected chi connectivity index (χ1v) is 5.79. The van der Waals surface area contributed by atoms with Gasteiger partial charge in [0, 0.05) is 17.6 Å². The summed E-state index contributed by atoms with van der Waals surface area (Å²) in [5.41, 5.74) is 1.48. The molecule has 1 heterocycles. The van der Waals surface area contributed by atoms with Crippen molar-refractivity contribution in [3.05, 3.63) is 34.9 Å². The molecular weight excluding hydrogens is 232 g/mol. The van der Waals surface area contributed by atoms with Crippen LogP contribution in [-0.4, -0.2) is 24.8 Å². The van der Waals surface area contributed by atoms with Gasteiger partial charge in [-0.1, -0.05) is 12.1 Å². The van der Waals surface area contributed by atoms with Crippen LogP contribution in [0, 0.1) is 0 Å². The molecule has 1 aliphatic heterocycles. The maximum absolute atomic E-state index is 12.1. The van der Waals surface area contributed by atoms with Crippen LogP contribution < -0.4 is 4.74 Å². The van der Waals surface area contributed by atoms with Gasteiger partial charge >= 0.3 is 0 Å². The number of ether oxygens (including phenoxy) is 2. The second-order valence-corrected chi connectivity index (χ2v) is 4.48. The molecule has 92 valence electrons. The van der Waals surface area contributed by atoms with Gasteiger partial charge in [0.1, 0.15) is 17.6 Å². The van der Waals surface area contributed by atoms with Crippen LogP contribution in [-0.2, 0) is 9.53 Å². The third-order valence-electron chi connectivity index (χ3n) is 3.28. The molecule has 18 heavy (non-hydrogen) atoms. The number of Topliss-reactive ketones (excluding diaryl/α,β-unsaturated/α-hetero) is 2. The zero-order chi connectivity index (χ0) is 12.9. The molecule has 0 saturated carbocycles. The van der Waals surface area contributed by atoms with Crippen molar-refractivity contribution in [2.75, 3.05) is 7.11 Å². The van der Waals surface area contributed by atoms with E-state index in [-0.39, 0.29) is 6.10 Å². The summed E-state index contributed by atoms with van der Waals surface area (Å²) in [5.74, 6) is -0.00759. The first kappa shape index (κ1) is 11.0. The predicted molar refractivity (Wildman–Crippen MR) is 64.4 cm³/mol. The van der Waals surface area contributed by atoms with E-state index in [4.69, 9.17) is 9.47 Å². The molecule has 1 aliphatic carbocycles. The van der Waals surface area contributed by atoms with Crippen LogP contribution in [0.2, 0.25) is 0 Å². The maximum Gasteiger partial charge on any atom is 0.237 e. The number of hydrogen-bond acceptors (Lipinski definition) is 4. The molecule has 4 heteroatoms. The lowest BCUT2D eigenvalue weighted by molar-refractivity contribution is -0.112. The van der Waals surface area contributed by atoms with Crippen LogP contribution in [0.1, 0.15) is 29.3 Å². The molecular formula is C14H12O4. The van der Waals surface area contributed by atoms with Crippen molar-refractivity contribution in [3.8, 4) is 5.75 Å². The molecule has 0 spiro atoms. The van der Waals surface area contributed by atoms with E-state index in [0.29, 0.717) is 34.6 Å². The fourth-order valence-electron chi connectivity index (χ4n) is 2.49. The van der Waals surface area contributed by atoms with Crippen LogP contribution in [0.5, 0.6) is 5.75 Å². The van der Waals surface area contributed by atoms with Crippen molar-refractivity contribution in [3.63, 3.8) is 0 Å². The average molecular weight is 244 g/mol. The Bertz CT molecular complexity index is 598. The zero-order valence-corrected chi connectivity index (χ0v) is 10.1. The summed E-state index contributed by atoms with van der Waals surface area (Å²) in [7, 11) is 1.48. The van der Waals surface area contributed by atoms with Crippen molar-refractivity contribution < 1.29 is 19.1 Å². The van der Waals surface area contributed by atoms with Crippen LogP contribution in [0.3, 0.4) is 0 Å². The molecule has 1 aromatic rings. The Morgan fingerprint density at radius 3 is 2.78 bits per heavy atom. The zero-order valence-electron chi connectivity index (χ0n) is 10.1. The van der Waals surface area contributed by atoms with Crippen LogP contribution >= 0.6 is 0 Å². The van der Waals surface area contributed by atoms with E-state index < -0.39 is 11.6 Å². The van der Waals surface area contributed by atoms with Gasteiger partial charge in [0.25, 0.3) is 0 Å². The fraction of sp³-hybridized carbons (Fsp3) is 0.286. The SMILES string of the molecule is COc1cccc2c1C(=O)C(=O)C1=C2O[C@H](C)C1. The summed E-state index contributed by atoms with van der Waals surface area (Å²) in [6, 6.07) is 5.25. The highest BCUT2D eigenvalue weighted by Gasteiger charge is 2.40. The second kappa shape index (κ2) is 3.70. The normalized spacial score (nSPS) is 21.6. The van der Waals surface area contributed by atoms with E-state index in [2.05, 4.69) is 0 Å². The average Bonchev–Trinajstić information content (AvgIpc) is 2.77. The fourth-order valence-corrected chi connectivity index (χ4v) is 2.49. The number of benzene rings is 1. The summed E-state index contributed by atoms with van der Waals surface area (Å²) in [6.45, 7) is 1.88. The minimum Gasteiger partial charge on any atom is -0.496 e. The highest BCUT2D eigenvalue weighted by Crippen LogP contribution is 2.41. The topological polar surface area (TPSA) is 52.6 Å². The molecule has 2 aliphatic rings. The molecule has 4 nitrogen and oxygen atoms in total. The van der Waals surface area contributed by atoms with Crippen molar-refractivity contribution in [1.82, 2.24) is 0 Å². The maximum atomic E-state index is 12.1. The van der Waals surface area contributed by atoms with Crippen molar-refractivity contribution in [2.24, 2.45) is 0 Å². The van der Waals surface area contributed by atoms with Gasteiger partial charge < -0.3 is 9.47 Å². The first-order valence-electron chi connectivity index (χ1n) is 5.79. The Balaban J connectivity index is 2.27. The van der Waals surface area contributed by atoms with Gasteiger partial charge in [0.2, 0.25) is 11.6 Å². The number of methoxy groups -OCH3 is 1. The summed E-state index contributed by atoms with van der Waals surface area (Å²) >= 11 is 0. The molecule has 3 rings (SSSR count). The van der Waals surface area contributed by atoms with Gasteiger partial charge in [0.05, 0.1) is 12.7 Å². The molecule has 1 aromatic carbocycles. The summed E-state index contributed by atoms with van der Waals surface area (Å²) in [5, 5.41) is 0.